The van der Waals surface area contributed by atoms with Crippen molar-refractivity contribution in [3.05, 3.63) is 64.7 Å². The molecule has 2 aromatic carbocycles. The van der Waals surface area contributed by atoms with Gasteiger partial charge in [-0.15, -0.1) is 0 Å². The van der Waals surface area contributed by atoms with Crippen LogP contribution in [0.15, 0.2) is 53.5 Å². The Hall–Kier alpha value is -3.43. The summed E-state index contributed by atoms with van der Waals surface area (Å²) in [4.78, 5) is 39.7. The Kier molecular flexibility index (Phi) is 8.13. The smallest absolute Gasteiger partial charge is 0.305 e. The molecule has 152 valence electrons. The number of nitrogens with one attached hydrogen (secondary N) is 3. The number of carbonyl (C=O) groups excluding carboxylic acids is 2. The van der Waals surface area contributed by atoms with Gasteiger partial charge in [0.25, 0.3) is 5.91 Å². The quantitative estimate of drug-likeness (QED) is 0.181. The van der Waals surface area contributed by atoms with E-state index in [2.05, 4.69) is 21.1 Å². The van der Waals surface area contributed by atoms with Gasteiger partial charge in [-0.3, -0.25) is 14.4 Å². The number of carboxylic acids is 1. The molecule has 1 unspecified atom stereocenters. The number of carbonyl (C=O) groups is 3. The van der Waals surface area contributed by atoms with Crippen molar-refractivity contribution in [2.24, 2.45) is 10.8 Å². The monoisotopic (exact) mass is 417 g/mol. The summed E-state index contributed by atoms with van der Waals surface area (Å²) < 4.78 is 0. The summed E-state index contributed by atoms with van der Waals surface area (Å²) in [7, 11) is 0. The number of benzene rings is 2. The van der Waals surface area contributed by atoms with Gasteiger partial charge in [-0.05, 0) is 23.8 Å². The largest absolute Gasteiger partial charge is 0.481 e. The molecular formula is C19H20ClN5O4. The molecule has 2 rings (SSSR count). The zero-order valence-electron chi connectivity index (χ0n) is 15.3. The molecule has 10 heteroatoms. The average Bonchev–Trinajstić information content (AvgIpc) is 2.71. The van der Waals surface area contributed by atoms with Crippen LogP contribution in [-0.2, 0) is 9.59 Å². The van der Waals surface area contributed by atoms with E-state index in [-0.39, 0.29) is 23.6 Å². The van der Waals surface area contributed by atoms with Crippen LogP contribution in [-0.4, -0.2) is 35.8 Å². The fourth-order valence-corrected chi connectivity index (χ4v) is 2.70. The topological polar surface area (TPSA) is 146 Å². The van der Waals surface area contributed by atoms with Crippen molar-refractivity contribution in [2.45, 2.75) is 12.5 Å². The van der Waals surface area contributed by atoms with Gasteiger partial charge in [-0.2, -0.15) is 0 Å². The summed E-state index contributed by atoms with van der Waals surface area (Å²) in [5.41, 5.74) is 3.47. The first kappa shape index (κ1) is 21.9. The van der Waals surface area contributed by atoms with Gasteiger partial charge in [0.2, 0.25) is 5.91 Å². The van der Waals surface area contributed by atoms with E-state index in [4.69, 9.17) is 22.6 Å². The lowest BCUT2D eigenvalue weighted by atomic mass is 10.0. The van der Waals surface area contributed by atoms with E-state index in [9.17, 15) is 14.4 Å². The lowest BCUT2D eigenvalue weighted by Crippen LogP contribution is -2.39. The molecule has 0 aliphatic rings. The molecule has 2 amide bonds. The number of aliphatic imine (C=N–C) groups is 1. The number of rotatable bonds is 9. The second kappa shape index (κ2) is 10.8. The van der Waals surface area contributed by atoms with Gasteiger partial charge in [-0.1, -0.05) is 41.9 Å². The molecule has 2 aromatic rings. The molecule has 6 N–H and O–H groups in total. The van der Waals surface area contributed by atoms with Crippen LogP contribution >= 0.6 is 11.6 Å². The number of aliphatic carboxylic acids is 1. The maximum atomic E-state index is 12.4. The zero-order valence-corrected chi connectivity index (χ0v) is 16.0. The molecule has 0 fully saturated rings. The number of hydrogen-bond acceptors (Lipinski definition) is 5. The molecular weight excluding hydrogens is 398 g/mol. The van der Waals surface area contributed by atoms with Gasteiger partial charge in [0, 0.05) is 0 Å². The zero-order chi connectivity index (χ0) is 21.2. The lowest BCUT2D eigenvalue weighted by molar-refractivity contribution is -0.137. The minimum Gasteiger partial charge on any atom is -0.481 e. The number of amides is 2. The van der Waals surface area contributed by atoms with Crippen LogP contribution in [0.5, 0.6) is 0 Å². The van der Waals surface area contributed by atoms with Gasteiger partial charge in [0.1, 0.15) is 6.34 Å². The van der Waals surface area contributed by atoms with E-state index in [1.54, 1.807) is 36.4 Å². The number of carboxylic acid groups (broad SMARTS) is 1. The molecule has 0 aliphatic heterocycles. The molecule has 29 heavy (non-hydrogen) atoms. The molecule has 9 nitrogen and oxygen atoms in total. The van der Waals surface area contributed by atoms with Crippen molar-refractivity contribution in [1.82, 2.24) is 16.1 Å². The Morgan fingerprint density at radius 3 is 2.55 bits per heavy atom. The first-order valence-corrected chi connectivity index (χ1v) is 8.91. The fourth-order valence-electron chi connectivity index (χ4n) is 2.49. The lowest BCUT2D eigenvalue weighted by Gasteiger charge is -2.17. The predicted molar refractivity (Wildman–Crippen MR) is 109 cm³/mol. The summed E-state index contributed by atoms with van der Waals surface area (Å²) in [5.74, 6) is 2.95. The van der Waals surface area contributed by atoms with Gasteiger partial charge in [0.15, 0.2) is 0 Å². The van der Waals surface area contributed by atoms with E-state index in [1.165, 1.54) is 18.5 Å². The maximum absolute atomic E-state index is 12.4. The average molecular weight is 418 g/mol. The highest BCUT2D eigenvalue weighted by atomic mass is 35.5. The van der Waals surface area contributed by atoms with Crippen LogP contribution in [0.2, 0.25) is 5.02 Å². The van der Waals surface area contributed by atoms with E-state index >= 15 is 0 Å². The summed E-state index contributed by atoms with van der Waals surface area (Å²) in [6, 6.07) is 12.5. The fraction of sp³-hybridized carbons (Fsp3) is 0.158. The third kappa shape index (κ3) is 6.91. The van der Waals surface area contributed by atoms with Crippen molar-refractivity contribution in [2.75, 3.05) is 6.54 Å². The van der Waals surface area contributed by atoms with Gasteiger partial charge < -0.3 is 21.2 Å². The van der Waals surface area contributed by atoms with Crippen molar-refractivity contribution >= 4 is 41.4 Å². The number of nitrogens with two attached hydrogens (primary N) is 1. The first-order chi connectivity index (χ1) is 13.9. The van der Waals surface area contributed by atoms with Crippen molar-refractivity contribution in [3.8, 4) is 0 Å². The molecule has 0 spiro atoms. The van der Waals surface area contributed by atoms with Crippen molar-refractivity contribution in [1.29, 1.82) is 0 Å². The summed E-state index contributed by atoms with van der Waals surface area (Å²) in [6.45, 7) is -0.351. The van der Waals surface area contributed by atoms with Crippen LogP contribution in [0.3, 0.4) is 0 Å². The van der Waals surface area contributed by atoms with E-state index in [1.807, 2.05) is 0 Å². The van der Waals surface area contributed by atoms with E-state index in [0.29, 0.717) is 11.3 Å². The molecule has 0 aromatic heterocycles. The van der Waals surface area contributed by atoms with E-state index in [0.717, 1.165) is 0 Å². The maximum Gasteiger partial charge on any atom is 0.305 e. The SMILES string of the molecule is NNC=Nc1ccc(Cl)c(C(=O)NCC(=O)NC(CC(=O)O)c2ccccc2)c1. The number of halogens is 1. The van der Waals surface area contributed by atoms with Crippen LogP contribution in [0.25, 0.3) is 0 Å². The van der Waals surface area contributed by atoms with Crippen LogP contribution < -0.4 is 21.9 Å². The highest BCUT2D eigenvalue weighted by Crippen LogP contribution is 2.22. The van der Waals surface area contributed by atoms with Gasteiger partial charge in [-0.25, -0.2) is 10.8 Å². The Morgan fingerprint density at radius 1 is 1.17 bits per heavy atom. The highest BCUT2D eigenvalue weighted by molar-refractivity contribution is 6.34. The Bertz CT molecular complexity index is 905. The van der Waals surface area contributed by atoms with Crippen molar-refractivity contribution < 1.29 is 19.5 Å². The third-order valence-corrected chi connectivity index (χ3v) is 4.14. The second-order valence-electron chi connectivity index (χ2n) is 5.90. The predicted octanol–water partition coefficient (Wildman–Crippen LogP) is 1.53. The molecule has 1 atom stereocenters. The Morgan fingerprint density at radius 2 is 1.90 bits per heavy atom. The summed E-state index contributed by atoms with van der Waals surface area (Å²) in [6.07, 6.45) is 0.954. The van der Waals surface area contributed by atoms with Gasteiger partial charge >= 0.3 is 5.97 Å². The molecule has 0 saturated heterocycles. The minimum absolute atomic E-state index is 0.135. The molecule has 0 radical (unpaired) electrons. The molecule has 0 bridgehead atoms. The highest BCUT2D eigenvalue weighted by Gasteiger charge is 2.19. The standard InChI is InChI=1S/C19H20ClN5O4/c20-15-7-6-13(23-11-24-21)8-14(15)19(29)22-10-17(26)25-16(9-18(27)28)12-4-2-1-3-5-12/h1-8,11,16H,9-10,21H2,(H,22,29)(H,23,24)(H,25,26)(H,27,28). The van der Waals surface area contributed by atoms with Gasteiger partial charge in [0.05, 0.1) is 35.3 Å². The van der Waals surface area contributed by atoms with Crippen molar-refractivity contribution in [3.63, 3.8) is 0 Å². The Labute approximate surface area is 171 Å². The van der Waals surface area contributed by atoms with Crippen LogP contribution in [0, 0.1) is 0 Å². The molecule has 0 aliphatic carbocycles. The number of nitrogens with zero attached hydrogens (tertiary/aromatic N) is 1. The second-order valence-corrected chi connectivity index (χ2v) is 6.31. The number of hydrazine groups is 1. The number of hydrogen-bond donors (Lipinski definition) is 5. The van der Waals surface area contributed by atoms with E-state index < -0.39 is 23.8 Å². The van der Waals surface area contributed by atoms with Crippen LogP contribution in [0.4, 0.5) is 5.69 Å². The first-order valence-electron chi connectivity index (χ1n) is 8.53. The molecule has 0 saturated carbocycles. The third-order valence-electron chi connectivity index (χ3n) is 3.81. The molecule has 0 heterocycles. The summed E-state index contributed by atoms with van der Waals surface area (Å²) >= 11 is 6.04. The summed E-state index contributed by atoms with van der Waals surface area (Å²) in [5, 5.41) is 14.3. The normalized spacial score (nSPS) is 11.7. The van der Waals surface area contributed by atoms with Crippen LogP contribution in [0.1, 0.15) is 28.4 Å². The Balaban J connectivity index is 2.01. The minimum atomic E-state index is -1.06.